The number of hydrogen-bond acceptors (Lipinski definition) is 8. The predicted octanol–water partition coefficient (Wildman–Crippen LogP) is 4.79. The van der Waals surface area contributed by atoms with E-state index in [0.29, 0.717) is 48.4 Å². The maximum Gasteiger partial charge on any atom is 0.203 e. The van der Waals surface area contributed by atoms with Gasteiger partial charge < -0.3 is 15.4 Å². The number of anilines is 2. The van der Waals surface area contributed by atoms with Gasteiger partial charge in [0.1, 0.15) is 29.0 Å². The number of aromatic nitrogens is 2. The summed E-state index contributed by atoms with van der Waals surface area (Å²) in [5.41, 5.74) is 6.81. The number of ether oxygens (including phenoxy) is 1. The normalized spacial score (nSPS) is 16.0. The van der Waals surface area contributed by atoms with E-state index in [0.717, 1.165) is 12.8 Å². The van der Waals surface area contributed by atoms with Crippen molar-refractivity contribution in [3.8, 4) is 17.0 Å². The summed E-state index contributed by atoms with van der Waals surface area (Å²) < 4.78 is 46.1. The maximum atomic E-state index is 14.5. The summed E-state index contributed by atoms with van der Waals surface area (Å²) in [5.74, 6) is -0.334. The van der Waals surface area contributed by atoms with E-state index in [-0.39, 0.29) is 22.3 Å². The molecule has 1 aliphatic rings. The number of ketones is 1. The molecule has 3 heterocycles. The van der Waals surface area contributed by atoms with Gasteiger partial charge in [0.2, 0.25) is 9.84 Å². The van der Waals surface area contributed by atoms with Crippen molar-refractivity contribution in [3.05, 3.63) is 59.9 Å². The molecule has 38 heavy (non-hydrogen) atoms. The number of nitrogens with zero attached hydrogens (tertiary/aromatic N) is 3. The second-order valence-corrected chi connectivity index (χ2v) is 12.2. The van der Waals surface area contributed by atoms with Gasteiger partial charge in [-0.25, -0.2) is 22.8 Å². The number of sulfone groups is 1. The highest BCUT2D eigenvalue weighted by atomic mass is 32.2. The zero-order chi connectivity index (χ0) is 27.4. The van der Waals surface area contributed by atoms with E-state index >= 15 is 0 Å². The summed E-state index contributed by atoms with van der Waals surface area (Å²) in [6, 6.07) is 11.9. The Morgan fingerprint density at radius 1 is 1.18 bits per heavy atom. The highest BCUT2D eigenvalue weighted by Crippen LogP contribution is 2.31. The van der Waals surface area contributed by atoms with Gasteiger partial charge >= 0.3 is 0 Å². The Labute approximate surface area is 223 Å². The summed E-state index contributed by atoms with van der Waals surface area (Å²) in [4.78, 5) is 24.0. The molecule has 202 valence electrons. The molecule has 1 aromatic carbocycles. The van der Waals surface area contributed by atoms with Gasteiger partial charge in [0.05, 0.1) is 17.9 Å². The quantitative estimate of drug-likeness (QED) is 0.385. The Hall–Kier alpha value is -3.53. The van der Waals surface area contributed by atoms with E-state index in [1.807, 2.05) is 18.7 Å². The van der Waals surface area contributed by atoms with Gasteiger partial charge in [0, 0.05) is 24.7 Å². The van der Waals surface area contributed by atoms with Gasteiger partial charge in [-0.3, -0.25) is 4.79 Å². The fourth-order valence-corrected chi connectivity index (χ4v) is 5.61. The minimum Gasteiger partial charge on any atom is -0.493 e. The smallest absolute Gasteiger partial charge is 0.203 e. The fraction of sp³-hybridized carbons (Fsp3) is 0.393. The molecular formula is C28H33FN4O4S. The number of rotatable bonds is 9. The Morgan fingerprint density at radius 3 is 2.68 bits per heavy atom. The van der Waals surface area contributed by atoms with Crippen LogP contribution in [0.4, 0.5) is 16.0 Å². The first-order valence-corrected chi connectivity index (χ1v) is 14.4. The van der Waals surface area contributed by atoms with E-state index in [4.69, 9.17) is 15.5 Å². The third-order valence-corrected chi connectivity index (χ3v) is 7.77. The first-order chi connectivity index (χ1) is 18.0. The average Bonchev–Trinajstić information content (AvgIpc) is 2.86. The predicted molar refractivity (Wildman–Crippen MR) is 146 cm³/mol. The third kappa shape index (κ3) is 6.66. The van der Waals surface area contributed by atoms with E-state index in [2.05, 4.69) is 11.9 Å². The standard InChI is InChI=1S/C28H33FN4O4S/c1-18(2)16-37-22-13-20(12-21(29)14-22)24-10-9-23(28(31-24)33-11-5-6-19(3)15-33)25(34)17-38(35,36)27-8-4-7-26(30)32-27/h4,7-10,12-14,18-19H,5-6,11,15-17H2,1-3H3,(H2,30,32)/t19-/m1/s1. The summed E-state index contributed by atoms with van der Waals surface area (Å²) in [5, 5.41) is -0.253. The van der Waals surface area contributed by atoms with E-state index in [9.17, 15) is 17.6 Å². The third-order valence-electron chi connectivity index (χ3n) is 6.27. The lowest BCUT2D eigenvalue weighted by Gasteiger charge is -2.33. The molecule has 0 amide bonds. The van der Waals surface area contributed by atoms with Crippen molar-refractivity contribution < 1.29 is 22.3 Å². The molecule has 3 aromatic rings. The first-order valence-electron chi connectivity index (χ1n) is 12.7. The second-order valence-electron chi connectivity index (χ2n) is 10.2. The Bertz CT molecular complexity index is 1430. The Morgan fingerprint density at radius 2 is 1.97 bits per heavy atom. The fourth-order valence-electron chi connectivity index (χ4n) is 4.43. The molecule has 2 aromatic heterocycles. The van der Waals surface area contributed by atoms with Crippen molar-refractivity contribution in [2.75, 3.05) is 36.1 Å². The number of piperidine rings is 1. The number of carbonyl (C=O) groups excluding carboxylic acids is 1. The number of nitrogen functional groups attached to an aromatic ring is 1. The van der Waals surface area contributed by atoms with Crippen molar-refractivity contribution in [1.82, 2.24) is 9.97 Å². The van der Waals surface area contributed by atoms with Crippen LogP contribution in [0, 0.1) is 17.7 Å². The minimum absolute atomic E-state index is 0.0550. The van der Waals surface area contributed by atoms with Gasteiger partial charge in [-0.05, 0) is 61.1 Å². The van der Waals surface area contributed by atoms with Crippen LogP contribution in [-0.4, -0.2) is 49.6 Å². The molecule has 0 saturated carbocycles. The molecule has 0 radical (unpaired) electrons. The van der Waals surface area contributed by atoms with Gasteiger partial charge in [0.25, 0.3) is 0 Å². The lowest BCUT2D eigenvalue weighted by molar-refractivity contribution is 0.102. The van der Waals surface area contributed by atoms with Crippen LogP contribution in [-0.2, 0) is 9.84 Å². The molecule has 0 aliphatic carbocycles. The number of carbonyl (C=O) groups is 1. The summed E-state index contributed by atoms with van der Waals surface area (Å²) in [6.45, 7) is 7.93. The molecule has 0 spiro atoms. The molecule has 1 fully saturated rings. The summed E-state index contributed by atoms with van der Waals surface area (Å²) in [7, 11) is -4.03. The van der Waals surface area contributed by atoms with Crippen LogP contribution in [0.3, 0.4) is 0 Å². The number of Topliss-reactive ketones (excluding diaryl/α,β-unsaturated/α-hetero) is 1. The van der Waals surface area contributed by atoms with Crippen LogP contribution in [0.15, 0.2) is 53.6 Å². The zero-order valence-corrected chi connectivity index (χ0v) is 22.7. The largest absolute Gasteiger partial charge is 0.493 e. The molecule has 2 N–H and O–H groups in total. The monoisotopic (exact) mass is 540 g/mol. The minimum atomic E-state index is -4.03. The van der Waals surface area contributed by atoms with Crippen LogP contribution in [0.2, 0.25) is 0 Å². The van der Waals surface area contributed by atoms with E-state index < -0.39 is 27.2 Å². The highest BCUT2D eigenvalue weighted by molar-refractivity contribution is 7.92. The van der Waals surface area contributed by atoms with E-state index in [1.54, 1.807) is 18.2 Å². The molecule has 1 atom stereocenters. The number of benzene rings is 1. The van der Waals surface area contributed by atoms with Crippen LogP contribution >= 0.6 is 0 Å². The lowest BCUT2D eigenvalue weighted by atomic mass is 9.99. The lowest BCUT2D eigenvalue weighted by Crippen LogP contribution is -2.36. The highest BCUT2D eigenvalue weighted by Gasteiger charge is 2.28. The van der Waals surface area contributed by atoms with Crippen LogP contribution in [0.5, 0.6) is 5.75 Å². The molecular weight excluding hydrogens is 507 g/mol. The van der Waals surface area contributed by atoms with Gasteiger partial charge in [-0.15, -0.1) is 0 Å². The Balaban J connectivity index is 1.71. The SMILES string of the molecule is CC(C)COc1cc(F)cc(-c2ccc(C(=O)CS(=O)(=O)c3cccc(N)n3)c(N3CCC[C@@H](C)C3)n2)c1. The summed E-state index contributed by atoms with van der Waals surface area (Å²) in [6.07, 6.45) is 1.97. The van der Waals surface area contributed by atoms with E-state index in [1.165, 1.54) is 30.3 Å². The van der Waals surface area contributed by atoms with Crippen molar-refractivity contribution in [3.63, 3.8) is 0 Å². The van der Waals surface area contributed by atoms with Crippen molar-refractivity contribution in [2.24, 2.45) is 11.8 Å². The van der Waals surface area contributed by atoms with Gasteiger partial charge in [-0.1, -0.05) is 26.8 Å². The number of hydrogen-bond donors (Lipinski definition) is 1. The number of nitrogens with two attached hydrogens (primary N) is 1. The van der Waals surface area contributed by atoms with Crippen molar-refractivity contribution in [1.29, 1.82) is 0 Å². The molecule has 0 unspecified atom stereocenters. The van der Waals surface area contributed by atoms with Gasteiger partial charge in [0.15, 0.2) is 10.8 Å². The van der Waals surface area contributed by atoms with Crippen LogP contribution < -0.4 is 15.4 Å². The van der Waals surface area contributed by atoms with Crippen molar-refractivity contribution >= 4 is 27.3 Å². The molecule has 1 aliphatic heterocycles. The summed E-state index contributed by atoms with van der Waals surface area (Å²) >= 11 is 0. The average molecular weight is 541 g/mol. The molecule has 8 nitrogen and oxygen atoms in total. The molecule has 4 rings (SSSR count). The van der Waals surface area contributed by atoms with Crippen LogP contribution in [0.25, 0.3) is 11.3 Å². The zero-order valence-electron chi connectivity index (χ0n) is 21.9. The Kier molecular flexibility index (Phi) is 8.30. The molecule has 10 heteroatoms. The number of halogens is 1. The molecule has 1 saturated heterocycles. The second kappa shape index (κ2) is 11.5. The molecule has 0 bridgehead atoms. The number of pyridine rings is 2. The van der Waals surface area contributed by atoms with Crippen LogP contribution in [0.1, 0.15) is 44.0 Å². The maximum absolute atomic E-state index is 14.5. The topological polar surface area (TPSA) is 115 Å². The van der Waals surface area contributed by atoms with Crippen molar-refractivity contribution in [2.45, 2.75) is 38.6 Å². The first kappa shape index (κ1) is 27.5. The van der Waals surface area contributed by atoms with Gasteiger partial charge in [-0.2, -0.15) is 0 Å².